The van der Waals surface area contributed by atoms with Crippen LogP contribution >= 0.6 is 15.9 Å². The molecule has 0 amide bonds. The number of hydrogen-bond acceptors (Lipinski definition) is 3. The van der Waals surface area contributed by atoms with E-state index in [9.17, 15) is 8.42 Å². The molecule has 27 heavy (non-hydrogen) atoms. The summed E-state index contributed by atoms with van der Waals surface area (Å²) in [5, 5.41) is 0. The number of sulfonamides is 1. The second-order valence-corrected chi connectivity index (χ2v) is 9.24. The van der Waals surface area contributed by atoms with Gasteiger partial charge in [0.1, 0.15) is 0 Å². The van der Waals surface area contributed by atoms with Gasteiger partial charge in [-0.1, -0.05) is 52.3 Å². The maximum atomic E-state index is 12.7. The Morgan fingerprint density at radius 2 is 1.78 bits per heavy atom. The van der Waals surface area contributed by atoms with Gasteiger partial charge in [0.2, 0.25) is 10.0 Å². The van der Waals surface area contributed by atoms with Crippen molar-refractivity contribution in [1.82, 2.24) is 4.98 Å². The van der Waals surface area contributed by atoms with Crippen LogP contribution in [0.25, 0.3) is 0 Å². The van der Waals surface area contributed by atoms with Crippen LogP contribution in [0.2, 0.25) is 0 Å². The Labute approximate surface area is 169 Å². The van der Waals surface area contributed by atoms with Gasteiger partial charge in [0.15, 0.2) is 0 Å². The molecule has 1 heterocycles. The van der Waals surface area contributed by atoms with Crippen molar-refractivity contribution in [2.24, 2.45) is 0 Å². The molecule has 0 spiro atoms. The van der Waals surface area contributed by atoms with Crippen LogP contribution in [0.3, 0.4) is 0 Å². The average molecular weight is 445 g/mol. The first-order valence-corrected chi connectivity index (χ1v) is 11.1. The zero-order valence-corrected chi connectivity index (χ0v) is 17.4. The first-order valence-electron chi connectivity index (χ1n) is 8.71. The van der Waals surface area contributed by atoms with E-state index < -0.39 is 10.0 Å². The van der Waals surface area contributed by atoms with Gasteiger partial charge in [-0.15, -0.1) is 0 Å². The fourth-order valence-corrected chi connectivity index (χ4v) is 4.36. The SMILES string of the molecule is CCS(=O)(=O)N(Cc1cccnc1)c1cccc(Cc2ccccc2Br)c1. The average Bonchev–Trinajstić information content (AvgIpc) is 2.69. The normalized spacial score (nSPS) is 11.3. The number of hydrogen-bond donors (Lipinski definition) is 0. The lowest BCUT2D eigenvalue weighted by atomic mass is 10.0. The molecule has 1 aromatic heterocycles. The summed E-state index contributed by atoms with van der Waals surface area (Å²) in [5.74, 6) is 0.0434. The number of benzene rings is 2. The summed E-state index contributed by atoms with van der Waals surface area (Å²) >= 11 is 3.58. The molecule has 0 aliphatic heterocycles. The number of aromatic nitrogens is 1. The van der Waals surface area contributed by atoms with Crippen molar-refractivity contribution in [3.63, 3.8) is 0 Å². The topological polar surface area (TPSA) is 50.3 Å². The molecule has 6 heteroatoms. The Hall–Kier alpha value is -2.18. The van der Waals surface area contributed by atoms with Crippen molar-refractivity contribution < 1.29 is 8.42 Å². The molecule has 0 atom stereocenters. The molecule has 0 aliphatic rings. The Morgan fingerprint density at radius 3 is 2.48 bits per heavy atom. The van der Waals surface area contributed by atoms with Gasteiger partial charge in [-0.2, -0.15) is 0 Å². The fraction of sp³-hybridized carbons (Fsp3) is 0.190. The molecule has 3 rings (SSSR count). The summed E-state index contributed by atoms with van der Waals surface area (Å²) < 4.78 is 28.0. The third kappa shape index (κ3) is 4.96. The van der Waals surface area contributed by atoms with E-state index in [0.29, 0.717) is 5.69 Å². The monoisotopic (exact) mass is 444 g/mol. The summed E-state index contributed by atoms with van der Waals surface area (Å²) in [6.45, 7) is 1.93. The van der Waals surface area contributed by atoms with E-state index in [0.717, 1.165) is 27.6 Å². The summed E-state index contributed by atoms with van der Waals surface area (Å²) in [4.78, 5) is 4.10. The minimum Gasteiger partial charge on any atom is -0.266 e. The van der Waals surface area contributed by atoms with Crippen molar-refractivity contribution in [2.45, 2.75) is 19.9 Å². The number of rotatable bonds is 7. The fourth-order valence-electron chi connectivity index (χ4n) is 2.85. The van der Waals surface area contributed by atoms with Crippen LogP contribution in [-0.4, -0.2) is 19.2 Å². The second kappa shape index (κ2) is 8.67. The van der Waals surface area contributed by atoms with Gasteiger partial charge in [-0.05, 0) is 54.3 Å². The first kappa shape index (κ1) is 19.6. The lowest BCUT2D eigenvalue weighted by molar-refractivity contribution is 0.591. The van der Waals surface area contributed by atoms with Crippen LogP contribution in [0, 0.1) is 0 Å². The van der Waals surface area contributed by atoms with Crippen molar-refractivity contribution in [2.75, 3.05) is 10.1 Å². The lowest BCUT2D eigenvalue weighted by Crippen LogP contribution is -2.32. The van der Waals surface area contributed by atoms with E-state index in [1.807, 2.05) is 54.6 Å². The largest absolute Gasteiger partial charge is 0.266 e. The van der Waals surface area contributed by atoms with E-state index in [2.05, 4.69) is 27.0 Å². The highest BCUT2D eigenvalue weighted by Gasteiger charge is 2.21. The maximum Gasteiger partial charge on any atom is 0.235 e. The highest BCUT2D eigenvalue weighted by atomic mass is 79.9. The quantitative estimate of drug-likeness (QED) is 0.526. The third-order valence-electron chi connectivity index (χ3n) is 4.30. The van der Waals surface area contributed by atoms with Crippen molar-refractivity contribution in [3.05, 3.63) is 94.2 Å². The molecule has 140 valence electrons. The van der Waals surface area contributed by atoms with E-state index in [1.54, 1.807) is 19.3 Å². The molecule has 4 nitrogen and oxygen atoms in total. The third-order valence-corrected chi connectivity index (χ3v) is 6.82. The molecular weight excluding hydrogens is 424 g/mol. The van der Waals surface area contributed by atoms with Crippen LogP contribution in [0.4, 0.5) is 5.69 Å². The van der Waals surface area contributed by atoms with Crippen molar-refractivity contribution >= 4 is 31.6 Å². The second-order valence-electron chi connectivity index (χ2n) is 6.21. The molecule has 0 saturated heterocycles. The number of pyridine rings is 1. The summed E-state index contributed by atoms with van der Waals surface area (Å²) in [5.41, 5.74) is 3.74. The van der Waals surface area contributed by atoms with Gasteiger partial charge >= 0.3 is 0 Å². The van der Waals surface area contributed by atoms with Crippen molar-refractivity contribution in [3.8, 4) is 0 Å². The predicted molar refractivity (Wildman–Crippen MR) is 113 cm³/mol. The number of nitrogens with zero attached hydrogens (tertiary/aromatic N) is 2. The van der Waals surface area contributed by atoms with Crippen LogP contribution in [-0.2, 0) is 23.0 Å². The predicted octanol–water partition coefficient (Wildman–Crippen LogP) is 4.79. The van der Waals surface area contributed by atoms with Gasteiger partial charge in [0, 0.05) is 16.9 Å². The smallest absolute Gasteiger partial charge is 0.235 e. The van der Waals surface area contributed by atoms with Gasteiger partial charge in [0.05, 0.1) is 18.0 Å². The zero-order chi connectivity index (χ0) is 19.3. The Balaban J connectivity index is 1.94. The lowest BCUT2D eigenvalue weighted by Gasteiger charge is -2.24. The van der Waals surface area contributed by atoms with Gasteiger partial charge in [-0.3, -0.25) is 9.29 Å². The van der Waals surface area contributed by atoms with Crippen molar-refractivity contribution in [1.29, 1.82) is 0 Å². The minimum absolute atomic E-state index is 0.0434. The van der Waals surface area contributed by atoms with Crippen LogP contribution in [0.5, 0.6) is 0 Å². The summed E-state index contributed by atoms with van der Waals surface area (Å²) in [7, 11) is -3.41. The summed E-state index contributed by atoms with van der Waals surface area (Å²) in [6.07, 6.45) is 4.10. The first-order chi connectivity index (χ1) is 13.0. The molecule has 0 fully saturated rings. The van der Waals surface area contributed by atoms with Gasteiger partial charge < -0.3 is 0 Å². The molecular formula is C21H21BrN2O2S. The maximum absolute atomic E-state index is 12.7. The molecule has 0 N–H and O–H groups in total. The highest BCUT2D eigenvalue weighted by molar-refractivity contribution is 9.10. The van der Waals surface area contributed by atoms with Crippen LogP contribution in [0.15, 0.2) is 77.5 Å². The minimum atomic E-state index is -3.41. The zero-order valence-electron chi connectivity index (χ0n) is 15.0. The molecule has 0 aliphatic carbocycles. The van der Waals surface area contributed by atoms with Crippen LogP contribution in [0.1, 0.15) is 23.6 Å². The van der Waals surface area contributed by atoms with E-state index >= 15 is 0 Å². The molecule has 0 unspecified atom stereocenters. The van der Waals surface area contributed by atoms with E-state index in [-0.39, 0.29) is 12.3 Å². The van der Waals surface area contributed by atoms with E-state index in [4.69, 9.17) is 0 Å². The Morgan fingerprint density at radius 1 is 1.00 bits per heavy atom. The molecule has 2 aromatic carbocycles. The standard InChI is InChI=1S/C21H21BrN2O2S/c1-2-27(25,26)24(16-18-8-6-12-23-15-18)20-10-5-7-17(14-20)13-19-9-3-4-11-21(19)22/h3-12,14-15H,2,13,16H2,1H3. The Bertz CT molecular complexity index is 1010. The van der Waals surface area contributed by atoms with Gasteiger partial charge in [0.25, 0.3) is 0 Å². The van der Waals surface area contributed by atoms with Gasteiger partial charge in [-0.25, -0.2) is 8.42 Å². The number of anilines is 1. The molecule has 0 saturated carbocycles. The Kier molecular flexibility index (Phi) is 6.29. The highest BCUT2D eigenvalue weighted by Crippen LogP contribution is 2.25. The summed E-state index contributed by atoms with van der Waals surface area (Å²) in [6, 6.07) is 19.5. The number of halogens is 1. The van der Waals surface area contributed by atoms with E-state index in [1.165, 1.54) is 4.31 Å². The van der Waals surface area contributed by atoms with Crippen LogP contribution < -0.4 is 4.31 Å². The molecule has 3 aromatic rings. The molecule has 0 radical (unpaired) electrons. The molecule has 0 bridgehead atoms.